The van der Waals surface area contributed by atoms with Crippen LogP contribution in [0.25, 0.3) is 0 Å². The molecule has 1 unspecified atom stereocenters. The van der Waals surface area contributed by atoms with Crippen molar-refractivity contribution < 1.29 is 0 Å². The molecule has 1 atom stereocenters. The molecule has 1 aromatic carbocycles. The van der Waals surface area contributed by atoms with Crippen LogP contribution in [0.4, 0.5) is 5.69 Å². The third-order valence-corrected chi connectivity index (χ3v) is 3.39. The molecule has 0 saturated carbocycles. The molecule has 0 bridgehead atoms. The summed E-state index contributed by atoms with van der Waals surface area (Å²) in [5.41, 5.74) is 2.56. The van der Waals surface area contributed by atoms with Gasteiger partial charge in [-0.05, 0) is 17.7 Å². The molecule has 2 heterocycles. The van der Waals surface area contributed by atoms with Crippen molar-refractivity contribution in [3.8, 4) is 0 Å². The van der Waals surface area contributed by atoms with E-state index in [1.54, 1.807) is 0 Å². The van der Waals surface area contributed by atoms with Crippen molar-refractivity contribution in [2.24, 2.45) is 0 Å². The van der Waals surface area contributed by atoms with Crippen LogP contribution in [-0.2, 0) is 0 Å². The summed E-state index contributed by atoms with van der Waals surface area (Å²) in [4.78, 5) is 6.59. The van der Waals surface area contributed by atoms with Crippen LogP contribution in [0.2, 0.25) is 0 Å². The zero-order valence-electron chi connectivity index (χ0n) is 10.3. The van der Waals surface area contributed by atoms with E-state index in [2.05, 4.69) is 51.6 Å². The maximum absolute atomic E-state index is 4.20. The molecule has 1 fully saturated rings. The van der Waals surface area contributed by atoms with E-state index >= 15 is 0 Å². The smallest absolute Gasteiger partial charge is 0.0553 e. The monoisotopic (exact) mass is 239 g/mol. The zero-order valence-corrected chi connectivity index (χ0v) is 10.3. The predicted molar refractivity (Wildman–Crippen MR) is 73.6 cm³/mol. The van der Waals surface area contributed by atoms with E-state index in [4.69, 9.17) is 0 Å². The van der Waals surface area contributed by atoms with Gasteiger partial charge in [-0.25, -0.2) is 0 Å². The number of hydrogen-bond acceptors (Lipinski definition) is 3. The zero-order chi connectivity index (χ0) is 12.2. The van der Waals surface area contributed by atoms with Crippen LogP contribution in [0, 0.1) is 0 Å². The minimum absolute atomic E-state index is 0.403. The van der Waals surface area contributed by atoms with Crippen molar-refractivity contribution in [1.82, 2.24) is 10.3 Å². The number of aromatic nitrogens is 1. The van der Waals surface area contributed by atoms with Crippen LogP contribution in [0.3, 0.4) is 0 Å². The molecular weight excluding hydrogens is 222 g/mol. The number of nitrogens with zero attached hydrogens (tertiary/aromatic N) is 2. The van der Waals surface area contributed by atoms with Gasteiger partial charge in [0.25, 0.3) is 0 Å². The molecule has 18 heavy (non-hydrogen) atoms. The minimum atomic E-state index is 0.403. The molecule has 92 valence electrons. The number of rotatable bonds is 2. The van der Waals surface area contributed by atoms with Crippen LogP contribution in [0.5, 0.6) is 0 Å². The summed E-state index contributed by atoms with van der Waals surface area (Å²) in [5.74, 6) is 0. The minimum Gasteiger partial charge on any atom is -0.367 e. The summed E-state index contributed by atoms with van der Waals surface area (Å²) >= 11 is 0. The van der Waals surface area contributed by atoms with E-state index < -0.39 is 0 Å². The first kappa shape index (κ1) is 11.2. The fourth-order valence-corrected chi connectivity index (χ4v) is 2.43. The lowest BCUT2D eigenvalue weighted by molar-refractivity contribution is 0.472. The molecule has 0 spiro atoms. The summed E-state index contributed by atoms with van der Waals surface area (Å²) in [6.45, 7) is 3.04. The third kappa shape index (κ3) is 2.36. The molecule has 1 aliphatic heterocycles. The Morgan fingerprint density at radius 2 is 2.00 bits per heavy atom. The topological polar surface area (TPSA) is 28.2 Å². The van der Waals surface area contributed by atoms with Gasteiger partial charge in [0, 0.05) is 31.9 Å². The van der Waals surface area contributed by atoms with Crippen LogP contribution in [0.15, 0.2) is 54.9 Å². The molecular formula is C15H17N3. The molecule has 0 aliphatic carbocycles. The molecule has 1 aromatic heterocycles. The van der Waals surface area contributed by atoms with E-state index in [1.165, 1.54) is 11.3 Å². The number of anilines is 1. The van der Waals surface area contributed by atoms with Gasteiger partial charge in [0.05, 0.1) is 11.9 Å². The van der Waals surface area contributed by atoms with E-state index in [0.717, 1.165) is 19.6 Å². The first-order chi connectivity index (χ1) is 8.93. The van der Waals surface area contributed by atoms with E-state index in [1.807, 2.05) is 18.5 Å². The van der Waals surface area contributed by atoms with Crippen molar-refractivity contribution >= 4 is 5.69 Å². The Hall–Kier alpha value is -1.87. The fourth-order valence-electron chi connectivity index (χ4n) is 2.43. The Balaban J connectivity index is 1.77. The van der Waals surface area contributed by atoms with Crippen LogP contribution in [0.1, 0.15) is 11.6 Å². The van der Waals surface area contributed by atoms with Crippen LogP contribution in [-0.4, -0.2) is 24.6 Å². The summed E-state index contributed by atoms with van der Waals surface area (Å²) in [7, 11) is 0. The lowest BCUT2D eigenvalue weighted by Gasteiger charge is -2.35. The van der Waals surface area contributed by atoms with Gasteiger partial charge < -0.3 is 10.2 Å². The van der Waals surface area contributed by atoms with Gasteiger partial charge >= 0.3 is 0 Å². The number of pyridine rings is 1. The molecule has 0 amide bonds. The second-order valence-corrected chi connectivity index (χ2v) is 4.57. The lowest BCUT2D eigenvalue weighted by Crippen LogP contribution is -2.45. The summed E-state index contributed by atoms with van der Waals surface area (Å²) in [6, 6.07) is 15.1. The van der Waals surface area contributed by atoms with Crippen molar-refractivity contribution in [3.05, 3.63) is 60.4 Å². The van der Waals surface area contributed by atoms with Gasteiger partial charge in [0.15, 0.2) is 0 Å². The fraction of sp³-hybridized carbons (Fsp3) is 0.267. The van der Waals surface area contributed by atoms with E-state index in [0.29, 0.717) is 6.04 Å². The van der Waals surface area contributed by atoms with Gasteiger partial charge in [-0.2, -0.15) is 0 Å². The van der Waals surface area contributed by atoms with Crippen molar-refractivity contribution in [2.75, 3.05) is 24.5 Å². The Labute approximate surface area is 107 Å². The summed E-state index contributed by atoms with van der Waals surface area (Å²) in [5, 5.41) is 3.57. The highest BCUT2D eigenvalue weighted by atomic mass is 15.2. The second-order valence-electron chi connectivity index (χ2n) is 4.57. The molecule has 3 heteroatoms. The number of nitrogens with one attached hydrogen (secondary N) is 1. The molecule has 0 radical (unpaired) electrons. The van der Waals surface area contributed by atoms with Gasteiger partial charge in [-0.1, -0.05) is 30.3 Å². The maximum Gasteiger partial charge on any atom is 0.0553 e. The first-order valence-electron chi connectivity index (χ1n) is 6.37. The van der Waals surface area contributed by atoms with Crippen LogP contribution >= 0.6 is 0 Å². The Bertz CT molecular complexity index is 438. The molecule has 2 aromatic rings. The highest BCUT2D eigenvalue weighted by Crippen LogP contribution is 2.21. The maximum atomic E-state index is 4.20. The second kappa shape index (κ2) is 5.19. The average Bonchev–Trinajstić information content (AvgIpc) is 2.49. The Morgan fingerprint density at radius 3 is 2.78 bits per heavy atom. The number of hydrogen-bond donors (Lipinski definition) is 1. The molecule has 3 rings (SSSR count). The van der Waals surface area contributed by atoms with Gasteiger partial charge in [0.1, 0.15) is 0 Å². The average molecular weight is 239 g/mol. The summed E-state index contributed by atoms with van der Waals surface area (Å²) < 4.78 is 0. The standard InChI is InChI=1S/C15H17N3/c1-2-5-13(6-3-1)15-12-18(10-9-17-15)14-7-4-8-16-11-14/h1-8,11,15,17H,9-10,12H2. The van der Waals surface area contributed by atoms with Crippen molar-refractivity contribution in [3.63, 3.8) is 0 Å². The predicted octanol–water partition coefficient (Wildman–Crippen LogP) is 2.23. The van der Waals surface area contributed by atoms with E-state index in [9.17, 15) is 0 Å². The lowest BCUT2D eigenvalue weighted by atomic mass is 10.0. The largest absolute Gasteiger partial charge is 0.367 e. The number of piperazine rings is 1. The highest BCUT2D eigenvalue weighted by Gasteiger charge is 2.20. The van der Waals surface area contributed by atoms with Crippen LogP contribution < -0.4 is 10.2 Å². The van der Waals surface area contributed by atoms with Crippen molar-refractivity contribution in [2.45, 2.75) is 6.04 Å². The Kier molecular flexibility index (Phi) is 3.24. The molecule has 1 saturated heterocycles. The SMILES string of the molecule is c1ccc(C2CN(c3cccnc3)CCN2)cc1. The van der Waals surface area contributed by atoms with Crippen molar-refractivity contribution in [1.29, 1.82) is 0 Å². The van der Waals surface area contributed by atoms with Gasteiger partial charge in [-0.15, -0.1) is 0 Å². The highest BCUT2D eigenvalue weighted by molar-refractivity contribution is 5.45. The molecule has 3 nitrogen and oxygen atoms in total. The first-order valence-corrected chi connectivity index (χ1v) is 6.37. The van der Waals surface area contributed by atoms with E-state index in [-0.39, 0.29) is 0 Å². The molecule has 1 N–H and O–H groups in total. The third-order valence-electron chi connectivity index (χ3n) is 3.39. The Morgan fingerprint density at radius 1 is 1.11 bits per heavy atom. The van der Waals surface area contributed by atoms with Gasteiger partial charge in [-0.3, -0.25) is 4.98 Å². The molecule has 1 aliphatic rings. The normalized spacial score (nSPS) is 19.8. The summed E-state index contributed by atoms with van der Waals surface area (Å²) in [6.07, 6.45) is 3.76. The number of benzene rings is 1. The van der Waals surface area contributed by atoms with Gasteiger partial charge in [0.2, 0.25) is 0 Å². The quantitative estimate of drug-likeness (QED) is 0.871.